The fraction of sp³-hybridized carbons (Fsp3) is 0.667. The first-order valence-electron chi connectivity index (χ1n) is 8.12. The molecule has 7 nitrogen and oxygen atoms in total. The van der Waals surface area contributed by atoms with Gasteiger partial charge >= 0.3 is 0 Å². The van der Waals surface area contributed by atoms with Crippen LogP contribution in [0.3, 0.4) is 0 Å². The smallest absolute Gasteiger partial charge is 0.236 e. The van der Waals surface area contributed by atoms with Gasteiger partial charge in [-0.05, 0) is 25.9 Å². The van der Waals surface area contributed by atoms with E-state index in [2.05, 4.69) is 25.1 Å². The Balaban J connectivity index is 1.58. The number of carbonyl (C=O) groups excluding carboxylic acids is 1. The maximum absolute atomic E-state index is 12.4. The van der Waals surface area contributed by atoms with E-state index in [0.29, 0.717) is 11.7 Å². The van der Waals surface area contributed by atoms with Gasteiger partial charge in [-0.1, -0.05) is 11.6 Å². The SMILES string of the molecule is CNc1c(Cl)ncnc1N1CCN(C(=O)CN2CCCC2)CC1. The Morgan fingerprint density at radius 1 is 1.17 bits per heavy atom. The number of amides is 1. The van der Waals surface area contributed by atoms with Crippen LogP contribution in [-0.2, 0) is 4.79 Å². The molecule has 1 aromatic rings. The number of rotatable bonds is 4. The zero-order valence-electron chi connectivity index (χ0n) is 13.5. The third kappa shape index (κ3) is 3.67. The van der Waals surface area contributed by atoms with E-state index in [1.807, 2.05) is 11.9 Å². The van der Waals surface area contributed by atoms with Gasteiger partial charge in [-0.15, -0.1) is 0 Å². The molecule has 0 aliphatic carbocycles. The van der Waals surface area contributed by atoms with E-state index in [-0.39, 0.29) is 5.91 Å². The summed E-state index contributed by atoms with van der Waals surface area (Å²) < 4.78 is 0. The Bertz CT molecular complexity index is 555. The van der Waals surface area contributed by atoms with Crippen molar-refractivity contribution in [3.63, 3.8) is 0 Å². The van der Waals surface area contributed by atoms with Gasteiger partial charge in [0.15, 0.2) is 11.0 Å². The molecule has 2 saturated heterocycles. The molecule has 0 atom stereocenters. The van der Waals surface area contributed by atoms with E-state index in [1.54, 1.807) is 0 Å². The summed E-state index contributed by atoms with van der Waals surface area (Å²) in [5.41, 5.74) is 0.742. The first-order valence-corrected chi connectivity index (χ1v) is 8.50. The molecule has 2 fully saturated rings. The van der Waals surface area contributed by atoms with Gasteiger partial charge in [-0.3, -0.25) is 9.69 Å². The molecule has 0 radical (unpaired) electrons. The number of piperazine rings is 1. The van der Waals surface area contributed by atoms with Crippen LogP contribution in [0.1, 0.15) is 12.8 Å². The molecule has 1 aromatic heterocycles. The standard InChI is InChI=1S/C15H23ClN6O/c1-17-13-14(16)18-11-19-15(13)22-8-6-21(7-9-22)12(23)10-20-4-2-3-5-20/h11,17H,2-10H2,1H3. The van der Waals surface area contributed by atoms with Crippen molar-refractivity contribution in [3.8, 4) is 0 Å². The molecule has 3 rings (SSSR count). The molecule has 23 heavy (non-hydrogen) atoms. The summed E-state index contributed by atoms with van der Waals surface area (Å²) >= 11 is 6.11. The highest BCUT2D eigenvalue weighted by atomic mass is 35.5. The maximum Gasteiger partial charge on any atom is 0.236 e. The first-order chi connectivity index (χ1) is 11.2. The molecule has 0 unspecified atom stereocenters. The molecule has 0 spiro atoms. The predicted molar refractivity (Wildman–Crippen MR) is 91.1 cm³/mol. The van der Waals surface area contributed by atoms with Gasteiger partial charge in [0.2, 0.25) is 5.91 Å². The van der Waals surface area contributed by atoms with Crippen LogP contribution in [0, 0.1) is 0 Å². The Hall–Kier alpha value is -1.60. The van der Waals surface area contributed by atoms with Gasteiger partial charge in [0.05, 0.1) is 6.54 Å². The minimum atomic E-state index is 0.237. The van der Waals surface area contributed by atoms with Gasteiger partial charge in [0.25, 0.3) is 0 Å². The molecule has 2 aliphatic heterocycles. The zero-order chi connectivity index (χ0) is 16.2. The van der Waals surface area contributed by atoms with Gasteiger partial charge in [0, 0.05) is 33.2 Å². The van der Waals surface area contributed by atoms with Crippen molar-refractivity contribution in [3.05, 3.63) is 11.5 Å². The predicted octanol–water partition coefficient (Wildman–Crippen LogP) is 0.916. The second-order valence-electron chi connectivity index (χ2n) is 5.96. The molecule has 126 valence electrons. The summed E-state index contributed by atoms with van der Waals surface area (Å²) in [7, 11) is 1.81. The average Bonchev–Trinajstić information content (AvgIpc) is 3.07. The lowest BCUT2D eigenvalue weighted by Crippen LogP contribution is -2.51. The summed E-state index contributed by atoms with van der Waals surface area (Å²) in [5, 5.41) is 3.48. The van der Waals surface area contributed by atoms with E-state index in [0.717, 1.165) is 50.8 Å². The van der Waals surface area contributed by atoms with E-state index >= 15 is 0 Å². The lowest BCUT2D eigenvalue weighted by Gasteiger charge is -2.36. The number of likely N-dealkylation sites (tertiary alicyclic amines) is 1. The molecular weight excluding hydrogens is 316 g/mol. The highest BCUT2D eigenvalue weighted by Crippen LogP contribution is 2.29. The summed E-state index contributed by atoms with van der Waals surface area (Å²) in [5.74, 6) is 1.04. The van der Waals surface area contributed by atoms with Crippen molar-refractivity contribution in [1.82, 2.24) is 19.8 Å². The van der Waals surface area contributed by atoms with E-state index in [1.165, 1.54) is 19.2 Å². The largest absolute Gasteiger partial charge is 0.383 e. The van der Waals surface area contributed by atoms with Crippen LogP contribution in [0.15, 0.2) is 6.33 Å². The molecule has 1 amide bonds. The van der Waals surface area contributed by atoms with E-state index < -0.39 is 0 Å². The number of hydrogen-bond donors (Lipinski definition) is 1. The van der Waals surface area contributed by atoms with E-state index in [4.69, 9.17) is 11.6 Å². The molecule has 3 heterocycles. The first kappa shape index (κ1) is 16.3. The fourth-order valence-corrected chi connectivity index (χ4v) is 3.43. The average molecular weight is 339 g/mol. The Morgan fingerprint density at radius 3 is 2.52 bits per heavy atom. The summed E-state index contributed by atoms with van der Waals surface area (Å²) in [6.45, 7) is 5.62. The van der Waals surface area contributed by atoms with Crippen LogP contribution in [0.5, 0.6) is 0 Å². The molecule has 2 aliphatic rings. The van der Waals surface area contributed by atoms with Crippen molar-refractivity contribution in [1.29, 1.82) is 0 Å². The normalized spacial score (nSPS) is 19.2. The number of hydrogen-bond acceptors (Lipinski definition) is 6. The van der Waals surface area contributed by atoms with Gasteiger partial charge in [-0.2, -0.15) is 0 Å². The molecule has 0 saturated carbocycles. The van der Waals surface area contributed by atoms with Crippen molar-refractivity contribution in [2.75, 3.05) is 63.1 Å². The fourth-order valence-electron chi connectivity index (χ4n) is 3.21. The number of nitrogens with one attached hydrogen (secondary N) is 1. The van der Waals surface area contributed by atoms with Gasteiger partial charge in [-0.25, -0.2) is 9.97 Å². The van der Waals surface area contributed by atoms with Gasteiger partial charge < -0.3 is 15.1 Å². The number of halogens is 1. The Kier molecular flexibility index (Phi) is 5.17. The van der Waals surface area contributed by atoms with Crippen molar-refractivity contribution in [2.24, 2.45) is 0 Å². The highest BCUT2D eigenvalue weighted by Gasteiger charge is 2.25. The number of aromatic nitrogens is 2. The van der Waals surface area contributed by atoms with Gasteiger partial charge in [0.1, 0.15) is 12.0 Å². The molecule has 0 bridgehead atoms. The van der Waals surface area contributed by atoms with Crippen molar-refractivity contribution in [2.45, 2.75) is 12.8 Å². The Labute approximate surface area is 141 Å². The second-order valence-corrected chi connectivity index (χ2v) is 6.32. The van der Waals surface area contributed by atoms with Crippen molar-refractivity contribution >= 4 is 29.0 Å². The maximum atomic E-state index is 12.4. The minimum absolute atomic E-state index is 0.237. The molecule has 1 N–H and O–H groups in total. The number of nitrogens with zero attached hydrogens (tertiary/aromatic N) is 5. The molecule has 8 heteroatoms. The monoisotopic (exact) mass is 338 g/mol. The number of carbonyl (C=O) groups is 1. The van der Waals surface area contributed by atoms with E-state index in [9.17, 15) is 4.79 Å². The van der Waals surface area contributed by atoms with Crippen molar-refractivity contribution < 1.29 is 4.79 Å². The second kappa shape index (κ2) is 7.31. The lowest BCUT2D eigenvalue weighted by atomic mass is 10.3. The highest BCUT2D eigenvalue weighted by molar-refractivity contribution is 6.32. The quantitative estimate of drug-likeness (QED) is 0.824. The molecular formula is C15H23ClN6O. The number of anilines is 2. The topological polar surface area (TPSA) is 64.6 Å². The summed E-state index contributed by atoms with van der Waals surface area (Å²) in [6.07, 6.45) is 3.90. The van der Waals surface area contributed by atoms with Crippen LogP contribution in [0.4, 0.5) is 11.5 Å². The Morgan fingerprint density at radius 2 is 1.87 bits per heavy atom. The zero-order valence-corrected chi connectivity index (χ0v) is 14.2. The lowest BCUT2D eigenvalue weighted by molar-refractivity contribution is -0.132. The van der Waals surface area contributed by atoms with Crippen LogP contribution in [0.2, 0.25) is 5.15 Å². The van der Waals surface area contributed by atoms with Crippen LogP contribution in [-0.4, -0.2) is 78.5 Å². The molecule has 0 aromatic carbocycles. The van der Waals surface area contributed by atoms with Crippen LogP contribution in [0.25, 0.3) is 0 Å². The van der Waals surface area contributed by atoms with Crippen LogP contribution >= 0.6 is 11.6 Å². The van der Waals surface area contributed by atoms with Crippen LogP contribution < -0.4 is 10.2 Å². The minimum Gasteiger partial charge on any atom is -0.383 e. The summed E-state index contributed by atoms with van der Waals surface area (Å²) in [4.78, 5) is 27.1. The third-order valence-corrected chi connectivity index (χ3v) is 4.81. The third-order valence-electron chi connectivity index (χ3n) is 4.52. The summed E-state index contributed by atoms with van der Waals surface area (Å²) in [6, 6.07) is 0.